The first-order valence-corrected chi connectivity index (χ1v) is 5.19. The molecule has 0 bridgehead atoms. The largest absolute Gasteiger partial charge is 0.0843 e. The van der Waals surface area contributed by atoms with Gasteiger partial charge in [0.05, 0.1) is 0 Å². The molecule has 0 aliphatic rings. The van der Waals surface area contributed by atoms with Gasteiger partial charge in [0, 0.05) is 9.50 Å². The van der Waals surface area contributed by atoms with Gasteiger partial charge < -0.3 is 0 Å². The Balaban J connectivity index is 2.86. The Labute approximate surface area is 90.6 Å². The second-order valence-corrected chi connectivity index (χ2v) is 4.44. The van der Waals surface area contributed by atoms with Crippen molar-refractivity contribution in [3.63, 3.8) is 0 Å². The summed E-state index contributed by atoms with van der Waals surface area (Å²) in [6, 6.07) is 10.1. The summed E-state index contributed by atoms with van der Waals surface area (Å²) in [5.41, 5.74) is 1.26. The lowest BCUT2D eigenvalue weighted by Crippen LogP contribution is -1.78. The fourth-order valence-corrected chi connectivity index (χ4v) is 2.26. The molecule has 2 aromatic rings. The SMILES string of the molecule is Cc1cc(Br)cc2cc(Cl)ccc12. The second-order valence-electron chi connectivity index (χ2n) is 3.09. The van der Waals surface area contributed by atoms with Gasteiger partial charge in [-0.15, -0.1) is 0 Å². The highest BCUT2D eigenvalue weighted by Gasteiger charge is 1.99. The molecule has 0 spiro atoms. The third-order valence-electron chi connectivity index (χ3n) is 2.09. The molecular formula is C11H8BrCl. The predicted octanol–water partition coefficient (Wildman–Crippen LogP) is 4.56. The standard InChI is InChI=1S/C11H8BrCl/c1-7-4-9(12)5-8-6-10(13)2-3-11(7)8/h2-6H,1H3. The number of benzene rings is 2. The molecule has 2 heteroatoms. The molecule has 2 aromatic carbocycles. The molecule has 0 atom stereocenters. The summed E-state index contributed by atoms with van der Waals surface area (Å²) in [5.74, 6) is 0. The monoisotopic (exact) mass is 254 g/mol. The summed E-state index contributed by atoms with van der Waals surface area (Å²) in [6.45, 7) is 2.10. The van der Waals surface area contributed by atoms with E-state index in [0.29, 0.717) is 0 Å². The highest BCUT2D eigenvalue weighted by atomic mass is 79.9. The minimum absolute atomic E-state index is 0.782. The van der Waals surface area contributed by atoms with E-state index >= 15 is 0 Å². The van der Waals surface area contributed by atoms with Crippen molar-refractivity contribution in [1.29, 1.82) is 0 Å². The zero-order chi connectivity index (χ0) is 9.42. The molecule has 0 aliphatic carbocycles. The predicted molar refractivity (Wildman–Crippen MR) is 61.4 cm³/mol. The molecule has 0 radical (unpaired) electrons. The molecule has 0 fully saturated rings. The Bertz CT molecular complexity index is 458. The molecule has 0 nitrogen and oxygen atoms in total. The summed E-state index contributed by atoms with van der Waals surface area (Å²) in [6.07, 6.45) is 0. The van der Waals surface area contributed by atoms with Crippen LogP contribution in [0.2, 0.25) is 5.02 Å². The van der Waals surface area contributed by atoms with Crippen molar-refractivity contribution < 1.29 is 0 Å². The van der Waals surface area contributed by atoms with Crippen molar-refractivity contribution in [1.82, 2.24) is 0 Å². The smallest absolute Gasteiger partial charge is 0.0412 e. The van der Waals surface area contributed by atoms with E-state index in [1.807, 2.05) is 12.1 Å². The van der Waals surface area contributed by atoms with E-state index in [-0.39, 0.29) is 0 Å². The lowest BCUT2D eigenvalue weighted by atomic mass is 10.1. The van der Waals surface area contributed by atoms with E-state index in [1.165, 1.54) is 16.3 Å². The first-order chi connectivity index (χ1) is 6.16. The average molecular weight is 256 g/mol. The maximum Gasteiger partial charge on any atom is 0.0412 e. The van der Waals surface area contributed by atoms with Gasteiger partial charge in [0.15, 0.2) is 0 Å². The minimum atomic E-state index is 0.782. The van der Waals surface area contributed by atoms with Crippen LogP contribution < -0.4 is 0 Å². The second kappa shape index (κ2) is 3.32. The van der Waals surface area contributed by atoms with Crippen LogP contribution in [-0.2, 0) is 0 Å². The van der Waals surface area contributed by atoms with Crippen molar-refractivity contribution in [2.75, 3.05) is 0 Å². The van der Waals surface area contributed by atoms with Gasteiger partial charge in [-0.25, -0.2) is 0 Å². The summed E-state index contributed by atoms with van der Waals surface area (Å²) >= 11 is 9.37. The Hall–Kier alpha value is -0.530. The van der Waals surface area contributed by atoms with Crippen LogP contribution in [0, 0.1) is 6.92 Å². The van der Waals surface area contributed by atoms with Crippen LogP contribution in [0.3, 0.4) is 0 Å². The molecule has 2 rings (SSSR count). The van der Waals surface area contributed by atoms with E-state index < -0.39 is 0 Å². The molecule has 66 valence electrons. The number of halogens is 2. The molecular weight excluding hydrogens is 247 g/mol. The summed E-state index contributed by atoms with van der Waals surface area (Å²) in [7, 11) is 0. The van der Waals surface area contributed by atoms with Crippen molar-refractivity contribution in [3.8, 4) is 0 Å². The van der Waals surface area contributed by atoms with Gasteiger partial charge in [0.25, 0.3) is 0 Å². The molecule has 0 heterocycles. The summed E-state index contributed by atoms with van der Waals surface area (Å²) in [5, 5.41) is 3.22. The highest BCUT2D eigenvalue weighted by Crippen LogP contribution is 2.26. The zero-order valence-electron chi connectivity index (χ0n) is 7.14. The van der Waals surface area contributed by atoms with Crippen LogP contribution >= 0.6 is 27.5 Å². The van der Waals surface area contributed by atoms with Crippen molar-refractivity contribution in [3.05, 3.63) is 45.4 Å². The van der Waals surface area contributed by atoms with Gasteiger partial charge in [0.1, 0.15) is 0 Å². The minimum Gasteiger partial charge on any atom is -0.0843 e. The molecule has 0 saturated heterocycles. The van der Waals surface area contributed by atoms with Gasteiger partial charge in [-0.05, 0) is 47.5 Å². The van der Waals surface area contributed by atoms with E-state index in [9.17, 15) is 0 Å². The molecule has 0 N–H and O–H groups in total. The third-order valence-corrected chi connectivity index (χ3v) is 2.78. The number of hydrogen-bond acceptors (Lipinski definition) is 0. The Morgan fingerprint density at radius 1 is 1.15 bits per heavy atom. The maximum atomic E-state index is 5.91. The first kappa shape index (κ1) is 9.04. The van der Waals surface area contributed by atoms with Gasteiger partial charge in [-0.3, -0.25) is 0 Å². The first-order valence-electron chi connectivity index (χ1n) is 4.02. The normalized spacial score (nSPS) is 10.7. The van der Waals surface area contributed by atoms with Gasteiger partial charge in [-0.1, -0.05) is 33.6 Å². The number of rotatable bonds is 0. The lowest BCUT2D eigenvalue weighted by Gasteiger charge is -2.03. The van der Waals surface area contributed by atoms with Crippen LogP contribution in [0.15, 0.2) is 34.8 Å². The molecule has 0 aromatic heterocycles. The summed E-state index contributed by atoms with van der Waals surface area (Å²) in [4.78, 5) is 0. The lowest BCUT2D eigenvalue weighted by molar-refractivity contribution is 1.51. The van der Waals surface area contributed by atoms with Gasteiger partial charge >= 0.3 is 0 Å². The summed E-state index contributed by atoms with van der Waals surface area (Å²) < 4.78 is 1.10. The quantitative estimate of drug-likeness (QED) is 0.647. The van der Waals surface area contributed by atoms with E-state index in [1.54, 1.807) is 0 Å². The Morgan fingerprint density at radius 2 is 1.92 bits per heavy atom. The average Bonchev–Trinajstić information content (AvgIpc) is 2.02. The van der Waals surface area contributed by atoms with E-state index in [2.05, 4.69) is 41.1 Å². The Kier molecular flexibility index (Phi) is 2.31. The molecule has 13 heavy (non-hydrogen) atoms. The van der Waals surface area contributed by atoms with Crippen LogP contribution in [-0.4, -0.2) is 0 Å². The topological polar surface area (TPSA) is 0 Å². The maximum absolute atomic E-state index is 5.91. The number of hydrogen-bond donors (Lipinski definition) is 0. The van der Waals surface area contributed by atoms with E-state index in [0.717, 1.165) is 9.50 Å². The van der Waals surface area contributed by atoms with Crippen molar-refractivity contribution >= 4 is 38.3 Å². The number of aryl methyl sites for hydroxylation is 1. The fourth-order valence-electron chi connectivity index (χ4n) is 1.49. The molecule has 0 unspecified atom stereocenters. The van der Waals surface area contributed by atoms with Crippen molar-refractivity contribution in [2.24, 2.45) is 0 Å². The third kappa shape index (κ3) is 1.72. The van der Waals surface area contributed by atoms with Crippen LogP contribution in [0.4, 0.5) is 0 Å². The zero-order valence-corrected chi connectivity index (χ0v) is 9.48. The molecule has 0 amide bonds. The van der Waals surface area contributed by atoms with Crippen LogP contribution in [0.25, 0.3) is 10.8 Å². The van der Waals surface area contributed by atoms with E-state index in [4.69, 9.17) is 11.6 Å². The van der Waals surface area contributed by atoms with Crippen LogP contribution in [0.5, 0.6) is 0 Å². The van der Waals surface area contributed by atoms with Gasteiger partial charge in [0.2, 0.25) is 0 Å². The van der Waals surface area contributed by atoms with Crippen LogP contribution in [0.1, 0.15) is 5.56 Å². The Morgan fingerprint density at radius 3 is 2.69 bits per heavy atom. The molecule has 0 saturated carbocycles. The highest BCUT2D eigenvalue weighted by molar-refractivity contribution is 9.10. The van der Waals surface area contributed by atoms with Gasteiger partial charge in [-0.2, -0.15) is 0 Å². The number of fused-ring (bicyclic) bond motifs is 1. The fraction of sp³-hybridized carbons (Fsp3) is 0.0909. The molecule has 0 aliphatic heterocycles. The van der Waals surface area contributed by atoms with Crippen molar-refractivity contribution in [2.45, 2.75) is 6.92 Å².